The van der Waals surface area contributed by atoms with Gasteiger partial charge in [-0.25, -0.2) is 0 Å². The van der Waals surface area contributed by atoms with E-state index in [1.165, 1.54) is 25.7 Å². The maximum atomic E-state index is 5.74. The highest BCUT2D eigenvalue weighted by Gasteiger charge is 2.14. The molecule has 0 heterocycles. The first-order valence-electron chi connectivity index (χ1n) is 6.69. The van der Waals surface area contributed by atoms with Gasteiger partial charge in [0.1, 0.15) is 0 Å². The lowest BCUT2D eigenvalue weighted by atomic mass is 9.88. The normalized spacial score (nSPS) is 15.6. The molecular weight excluding hydrogens is 184 g/mol. The molecule has 0 aliphatic heterocycles. The van der Waals surface area contributed by atoms with Crippen LogP contribution in [0.5, 0.6) is 0 Å². The first-order chi connectivity index (χ1) is 7.11. The Hall–Kier alpha value is -0.0400. The maximum absolute atomic E-state index is 5.74. The van der Waals surface area contributed by atoms with Gasteiger partial charge in [0.15, 0.2) is 0 Å². The van der Waals surface area contributed by atoms with E-state index in [2.05, 4.69) is 34.6 Å². The highest BCUT2D eigenvalue weighted by Crippen LogP contribution is 2.21. The first-order valence-corrected chi connectivity index (χ1v) is 6.69. The van der Waals surface area contributed by atoms with Gasteiger partial charge in [0.05, 0.1) is 0 Å². The van der Waals surface area contributed by atoms with E-state index in [1.54, 1.807) is 0 Å². The SMILES string of the molecule is CCCC(CC)C(C)COCCC(C)C. The van der Waals surface area contributed by atoms with Gasteiger partial charge in [0.2, 0.25) is 0 Å². The summed E-state index contributed by atoms with van der Waals surface area (Å²) in [5.41, 5.74) is 0. The van der Waals surface area contributed by atoms with Gasteiger partial charge in [-0.15, -0.1) is 0 Å². The third kappa shape index (κ3) is 7.84. The van der Waals surface area contributed by atoms with Crippen molar-refractivity contribution in [3.05, 3.63) is 0 Å². The molecule has 0 saturated carbocycles. The van der Waals surface area contributed by atoms with Crippen LogP contribution in [0.4, 0.5) is 0 Å². The molecule has 0 radical (unpaired) electrons. The molecule has 0 saturated heterocycles. The van der Waals surface area contributed by atoms with E-state index in [-0.39, 0.29) is 0 Å². The molecule has 0 aromatic rings. The van der Waals surface area contributed by atoms with Crippen LogP contribution in [0, 0.1) is 17.8 Å². The summed E-state index contributed by atoms with van der Waals surface area (Å²) in [5, 5.41) is 0. The maximum Gasteiger partial charge on any atom is 0.0494 e. The standard InChI is InChI=1S/C14H30O/c1-6-8-14(7-2)13(5)11-15-10-9-12(3)4/h12-14H,6-11H2,1-5H3. The summed E-state index contributed by atoms with van der Waals surface area (Å²) in [5.74, 6) is 2.34. The predicted octanol–water partition coefficient (Wildman–Crippen LogP) is 4.51. The van der Waals surface area contributed by atoms with E-state index >= 15 is 0 Å². The third-order valence-electron chi connectivity index (χ3n) is 3.21. The second-order valence-electron chi connectivity index (χ2n) is 5.19. The quantitative estimate of drug-likeness (QED) is 0.513. The zero-order valence-electron chi connectivity index (χ0n) is 11.4. The van der Waals surface area contributed by atoms with Crippen molar-refractivity contribution < 1.29 is 4.74 Å². The number of rotatable bonds is 9. The minimum absolute atomic E-state index is 0.724. The molecule has 0 fully saturated rings. The molecule has 0 aromatic heterocycles. The fourth-order valence-corrected chi connectivity index (χ4v) is 1.99. The van der Waals surface area contributed by atoms with Crippen molar-refractivity contribution in [2.75, 3.05) is 13.2 Å². The number of ether oxygens (including phenoxy) is 1. The van der Waals surface area contributed by atoms with Gasteiger partial charge >= 0.3 is 0 Å². The molecule has 0 aliphatic carbocycles. The van der Waals surface area contributed by atoms with E-state index in [4.69, 9.17) is 4.74 Å². The van der Waals surface area contributed by atoms with E-state index in [0.717, 1.165) is 31.0 Å². The summed E-state index contributed by atoms with van der Waals surface area (Å²) in [7, 11) is 0. The van der Waals surface area contributed by atoms with E-state index in [0.29, 0.717) is 0 Å². The monoisotopic (exact) mass is 214 g/mol. The van der Waals surface area contributed by atoms with E-state index < -0.39 is 0 Å². The van der Waals surface area contributed by atoms with Gasteiger partial charge in [0, 0.05) is 13.2 Å². The Kier molecular flexibility index (Phi) is 9.18. The smallest absolute Gasteiger partial charge is 0.0494 e. The Bertz CT molecular complexity index is 131. The van der Waals surface area contributed by atoms with E-state index in [1.807, 2.05) is 0 Å². The Morgan fingerprint density at radius 2 is 1.67 bits per heavy atom. The van der Waals surface area contributed by atoms with Crippen LogP contribution in [-0.4, -0.2) is 13.2 Å². The fraction of sp³-hybridized carbons (Fsp3) is 1.00. The molecule has 2 unspecified atom stereocenters. The van der Waals surface area contributed by atoms with Gasteiger partial charge < -0.3 is 4.74 Å². The Labute approximate surface area is 96.6 Å². The molecule has 0 amide bonds. The zero-order valence-corrected chi connectivity index (χ0v) is 11.4. The Balaban J connectivity index is 3.56. The summed E-state index contributed by atoms with van der Waals surface area (Å²) in [6, 6.07) is 0. The van der Waals surface area contributed by atoms with Gasteiger partial charge in [-0.1, -0.05) is 53.9 Å². The molecule has 0 aliphatic rings. The van der Waals surface area contributed by atoms with Crippen molar-refractivity contribution in [3.8, 4) is 0 Å². The van der Waals surface area contributed by atoms with Gasteiger partial charge in [-0.05, 0) is 24.2 Å². The molecule has 0 N–H and O–H groups in total. The summed E-state index contributed by atoms with van der Waals surface area (Å²) >= 11 is 0. The summed E-state index contributed by atoms with van der Waals surface area (Å²) < 4.78 is 5.74. The van der Waals surface area contributed by atoms with Crippen LogP contribution in [0.1, 0.15) is 60.3 Å². The Morgan fingerprint density at radius 3 is 2.13 bits per heavy atom. The molecule has 0 aromatic carbocycles. The summed E-state index contributed by atoms with van der Waals surface area (Å²) in [6.45, 7) is 13.3. The van der Waals surface area contributed by atoms with Crippen molar-refractivity contribution in [1.82, 2.24) is 0 Å². The molecule has 15 heavy (non-hydrogen) atoms. The average Bonchev–Trinajstić information content (AvgIpc) is 2.20. The van der Waals surface area contributed by atoms with Gasteiger partial charge in [-0.3, -0.25) is 0 Å². The molecule has 0 spiro atoms. The molecule has 1 nitrogen and oxygen atoms in total. The van der Waals surface area contributed by atoms with Crippen LogP contribution >= 0.6 is 0 Å². The van der Waals surface area contributed by atoms with Crippen molar-refractivity contribution in [2.45, 2.75) is 60.3 Å². The number of hydrogen-bond donors (Lipinski definition) is 0. The predicted molar refractivity (Wildman–Crippen MR) is 68.1 cm³/mol. The molecule has 92 valence electrons. The van der Waals surface area contributed by atoms with Crippen LogP contribution in [0.25, 0.3) is 0 Å². The van der Waals surface area contributed by atoms with Crippen LogP contribution < -0.4 is 0 Å². The molecule has 0 bridgehead atoms. The lowest BCUT2D eigenvalue weighted by molar-refractivity contribution is 0.0737. The van der Waals surface area contributed by atoms with Crippen molar-refractivity contribution in [1.29, 1.82) is 0 Å². The second-order valence-corrected chi connectivity index (χ2v) is 5.19. The largest absolute Gasteiger partial charge is 0.381 e. The van der Waals surface area contributed by atoms with Crippen molar-refractivity contribution in [3.63, 3.8) is 0 Å². The van der Waals surface area contributed by atoms with Crippen LogP contribution in [0.3, 0.4) is 0 Å². The minimum Gasteiger partial charge on any atom is -0.381 e. The van der Waals surface area contributed by atoms with Crippen molar-refractivity contribution in [2.24, 2.45) is 17.8 Å². The topological polar surface area (TPSA) is 9.23 Å². The van der Waals surface area contributed by atoms with Crippen LogP contribution in [-0.2, 0) is 4.74 Å². The number of hydrogen-bond acceptors (Lipinski definition) is 1. The van der Waals surface area contributed by atoms with Crippen LogP contribution in [0.2, 0.25) is 0 Å². The minimum atomic E-state index is 0.724. The summed E-state index contributed by atoms with van der Waals surface area (Å²) in [4.78, 5) is 0. The molecule has 1 heteroatoms. The average molecular weight is 214 g/mol. The second kappa shape index (κ2) is 9.21. The van der Waals surface area contributed by atoms with Gasteiger partial charge in [-0.2, -0.15) is 0 Å². The van der Waals surface area contributed by atoms with Crippen LogP contribution in [0.15, 0.2) is 0 Å². The lowest BCUT2D eigenvalue weighted by Crippen LogP contribution is -2.17. The lowest BCUT2D eigenvalue weighted by Gasteiger charge is -2.22. The van der Waals surface area contributed by atoms with Gasteiger partial charge in [0.25, 0.3) is 0 Å². The molecular formula is C14H30O. The zero-order chi connectivity index (χ0) is 11.7. The molecule has 0 rings (SSSR count). The highest BCUT2D eigenvalue weighted by molar-refractivity contribution is 4.64. The van der Waals surface area contributed by atoms with Crippen molar-refractivity contribution >= 4 is 0 Å². The highest BCUT2D eigenvalue weighted by atomic mass is 16.5. The molecule has 2 atom stereocenters. The fourth-order valence-electron chi connectivity index (χ4n) is 1.99. The summed E-state index contributed by atoms with van der Waals surface area (Å²) in [6.07, 6.45) is 5.14. The Morgan fingerprint density at radius 1 is 1.00 bits per heavy atom. The van der Waals surface area contributed by atoms with E-state index in [9.17, 15) is 0 Å². The third-order valence-corrected chi connectivity index (χ3v) is 3.21. The first kappa shape index (κ1) is 15.0.